The first-order valence-corrected chi connectivity index (χ1v) is 11.8. The molecule has 0 atom stereocenters. The topological polar surface area (TPSA) is 73.4 Å². The Bertz CT molecular complexity index is 1270. The third kappa shape index (κ3) is 3.90. The smallest absolute Gasteiger partial charge is 0.297 e. The molecule has 0 aliphatic carbocycles. The van der Waals surface area contributed by atoms with Crippen LogP contribution in [-0.2, 0) is 22.8 Å². The molecule has 2 aromatic heterocycles. The molecule has 180 valence electrons. The molecule has 0 bridgehead atoms. The molecule has 0 amide bonds. The van der Waals surface area contributed by atoms with Gasteiger partial charge in [-0.1, -0.05) is 17.7 Å². The number of hydrogen-bond donors (Lipinski definition) is 0. The number of nitro benzene ring substituents is 1. The van der Waals surface area contributed by atoms with Gasteiger partial charge in [-0.15, -0.1) is 11.3 Å². The predicted molar refractivity (Wildman–Crippen MR) is 120 cm³/mol. The fraction of sp³-hybridized carbons (Fsp3) is 0.409. The average molecular weight is 513 g/mol. The van der Waals surface area contributed by atoms with Gasteiger partial charge in [-0.05, 0) is 31.9 Å². The molecule has 2 aliphatic heterocycles. The van der Waals surface area contributed by atoms with Gasteiger partial charge in [0.2, 0.25) is 0 Å². The quantitative estimate of drug-likeness (QED) is 0.338. The van der Waals surface area contributed by atoms with Crippen molar-refractivity contribution in [1.29, 1.82) is 0 Å². The summed E-state index contributed by atoms with van der Waals surface area (Å²) in [7, 11) is 0. The number of rotatable bonds is 4. The van der Waals surface area contributed by atoms with E-state index in [1.807, 2.05) is 0 Å². The van der Waals surface area contributed by atoms with Crippen LogP contribution in [0.5, 0.6) is 0 Å². The normalized spacial score (nSPS) is 19.3. The van der Waals surface area contributed by atoms with Crippen LogP contribution in [0.4, 0.5) is 18.9 Å². The number of thiophene rings is 1. The molecule has 0 unspecified atom stereocenters. The summed E-state index contributed by atoms with van der Waals surface area (Å²) in [6, 6.07) is 5.02. The minimum absolute atomic E-state index is 0.0363. The van der Waals surface area contributed by atoms with Gasteiger partial charge in [0, 0.05) is 47.9 Å². The number of benzene rings is 1. The summed E-state index contributed by atoms with van der Waals surface area (Å²) in [6.07, 6.45) is 2.65. The third-order valence-corrected chi connectivity index (χ3v) is 7.94. The lowest BCUT2D eigenvalue weighted by Gasteiger charge is -2.45. The molecule has 1 spiro atoms. The van der Waals surface area contributed by atoms with Crippen LogP contribution in [0.2, 0.25) is 4.34 Å². The first kappa shape index (κ1) is 23.3. The minimum Gasteiger partial charge on any atom is -0.363 e. The molecule has 7 nitrogen and oxygen atoms in total. The Morgan fingerprint density at radius 1 is 1.32 bits per heavy atom. The number of nitro groups is 1. The summed E-state index contributed by atoms with van der Waals surface area (Å²) in [4.78, 5) is 13.4. The number of ether oxygens (including phenoxy) is 1. The summed E-state index contributed by atoms with van der Waals surface area (Å²) in [5.41, 5.74) is 0.0240. The number of fused-ring (bicyclic) bond motifs is 2. The molecule has 0 radical (unpaired) electrons. The lowest BCUT2D eigenvalue weighted by Crippen LogP contribution is -2.48. The Labute approximate surface area is 201 Å². The molecular weight excluding hydrogens is 493 g/mol. The average Bonchev–Trinajstić information content (AvgIpc) is 3.36. The lowest BCUT2D eigenvalue weighted by atomic mass is 9.84. The van der Waals surface area contributed by atoms with E-state index >= 15 is 0 Å². The predicted octanol–water partition coefficient (Wildman–Crippen LogP) is 5.56. The van der Waals surface area contributed by atoms with Crippen molar-refractivity contribution >= 4 is 28.6 Å². The van der Waals surface area contributed by atoms with E-state index in [0.29, 0.717) is 47.4 Å². The van der Waals surface area contributed by atoms with Crippen molar-refractivity contribution in [1.82, 2.24) is 14.7 Å². The zero-order valence-electron chi connectivity index (χ0n) is 18.1. The van der Waals surface area contributed by atoms with Crippen molar-refractivity contribution in [2.45, 2.75) is 37.8 Å². The van der Waals surface area contributed by atoms with Gasteiger partial charge in [0.1, 0.15) is 12.2 Å². The molecule has 5 rings (SSSR count). The zero-order chi connectivity index (χ0) is 24.3. The van der Waals surface area contributed by atoms with Gasteiger partial charge >= 0.3 is 0 Å². The first-order valence-electron chi connectivity index (χ1n) is 10.6. The van der Waals surface area contributed by atoms with Gasteiger partial charge in [0.05, 0.1) is 15.0 Å². The van der Waals surface area contributed by atoms with Crippen LogP contribution in [0, 0.1) is 22.9 Å². The fourth-order valence-electron chi connectivity index (χ4n) is 4.67. The van der Waals surface area contributed by atoms with Crippen molar-refractivity contribution in [2.75, 3.05) is 19.7 Å². The minimum atomic E-state index is -3.05. The van der Waals surface area contributed by atoms with Crippen LogP contribution in [-0.4, -0.2) is 39.3 Å². The van der Waals surface area contributed by atoms with Crippen LogP contribution in [0.15, 0.2) is 30.5 Å². The van der Waals surface area contributed by atoms with Crippen molar-refractivity contribution in [3.63, 3.8) is 0 Å². The van der Waals surface area contributed by atoms with Crippen molar-refractivity contribution in [3.8, 4) is 5.69 Å². The molecular formula is C22H20ClF3N4O3S. The maximum Gasteiger partial charge on any atom is 0.297 e. The second-order valence-electron chi connectivity index (χ2n) is 8.61. The zero-order valence-corrected chi connectivity index (χ0v) is 19.6. The Morgan fingerprint density at radius 3 is 2.76 bits per heavy atom. The van der Waals surface area contributed by atoms with E-state index in [1.54, 1.807) is 13.1 Å². The molecule has 34 heavy (non-hydrogen) atoms. The Kier molecular flexibility index (Phi) is 5.70. The van der Waals surface area contributed by atoms with E-state index in [0.717, 1.165) is 23.0 Å². The first-order chi connectivity index (χ1) is 16.1. The molecule has 0 saturated carbocycles. The maximum atomic E-state index is 14.4. The molecule has 1 fully saturated rings. The summed E-state index contributed by atoms with van der Waals surface area (Å²) in [6.45, 7) is 2.75. The molecule has 4 heterocycles. The maximum absolute atomic E-state index is 14.4. The fourth-order valence-corrected chi connectivity index (χ4v) is 6.15. The molecule has 2 aliphatic rings. The van der Waals surface area contributed by atoms with Crippen LogP contribution < -0.4 is 0 Å². The summed E-state index contributed by atoms with van der Waals surface area (Å²) < 4.78 is 50.4. The number of halogens is 4. The highest BCUT2D eigenvalue weighted by Gasteiger charge is 2.51. The number of nitrogens with zero attached hydrogens (tertiary/aromatic N) is 4. The number of aryl methyl sites for hydroxylation is 1. The molecule has 1 aromatic carbocycles. The highest BCUT2D eigenvalue weighted by molar-refractivity contribution is 7.16. The Morgan fingerprint density at radius 2 is 2.06 bits per heavy atom. The highest BCUT2D eigenvalue weighted by Crippen LogP contribution is 2.52. The van der Waals surface area contributed by atoms with Gasteiger partial charge in [-0.25, -0.2) is 9.07 Å². The standard InChI is InChI=1S/C22H20ClF3N4O3S/c1-13-14(11-29(27-13)19-16(24)3-2-4-17(19)30(31)32)10-28-7-5-21(6-8-28)20-15(9-18(23)34-20)22(25,26)12-33-21/h2-4,9,11H,5-8,10,12H2,1H3. The summed E-state index contributed by atoms with van der Waals surface area (Å²) in [5.74, 6) is -3.79. The Balaban J connectivity index is 1.34. The SMILES string of the molecule is Cc1nn(-c2c(F)cccc2[N+](=O)[O-])cc1CN1CCC2(CC1)OCC(F)(F)c1cc(Cl)sc12. The Hall–Kier alpha value is -2.47. The number of likely N-dealkylation sites (tertiary alicyclic amines) is 1. The molecule has 12 heteroatoms. The van der Waals surface area contributed by atoms with Crippen LogP contribution in [0.1, 0.15) is 34.5 Å². The van der Waals surface area contributed by atoms with E-state index in [9.17, 15) is 23.3 Å². The van der Waals surface area contributed by atoms with Crippen LogP contribution in [0.25, 0.3) is 5.69 Å². The summed E-state index contributed by atoms with van der Waals surface area (Å²) >= 11 is 7.22. The van der Waals surface area contributed by atoms with Gasteiger partial charge in [-0.3, -0.25) is 15.0 Å². The van der Waals surface area contributed by atoms with E-state index in [4.69, 9.17) is 16.3 Å². The molecule has 0 N–H and O–H groups in total. The molecule has 1 saturated heterocycles. The van der Waals surface area contributed by atoms with E-state index in [1.165, 1.54) is 22.9 Å². The van der Waals surface area contributed by atoms with Crippen LogP contribution >= 0.6 is 22.9 Å². The van der Waals surface area contributed by atoms with E-state index in [-0.39, 0.29) is 16.9 Å². The monoisotopic (exact) mass is 512 g/mol. The largest absolute Gasteiger partial charge is 0.363 e. The number of aromatic nitrogens is 2. The van der Waals surface area contributed by atoms with Gasteiger partial charge in [0.25, 0.3) is 11.6 Å². The third-order valence-electron chi connectivity index (χ3n) is 6.49. The van der Waals surface area contributed by atoms with Gasteiger partial charge in [-0.2, -0.15) is 13.9 Å². The number of alkyl halides is 2. The van der Waals surface area contributed by atoms with Crippen LogP contribution in [0.3, 0.4) is 0 Å². The van der Waals surface area contributed by atoms with Gasteiger partial charge in [0.15, 0.2) is 11.5 Å². The van der Waals surface area contributed by atoms with Crippen molar-refractivity contribution in [3.05, 3.63) is 72.4 Å². The summed E-state index contributed by atoms with van der Waals surface area (Å²) in [5, 5.41) is 15.7. The van der Waals surface area contributed by atoms with Crippen molar-refractivity contribution in [2.24, 2.45) is 0 Å². The van der Waals surface area contributed by atoms with Gasteiger partial charge < -0.3 is 4.74 Å². The highest BCUT2D eigenvalue weighted by atomic mass is 35.5. The van der Waals surface area contributed by atoms with E-state index < -0.39 is 28.9 Å². The van der Waals surface area contributed by atoms with E-state index in [2.05, 4.69) is 10.00 Å². The lowest BCUT2D eigenvalue weighted by molar-refractivity contribution is -0.384. The second kappa shape index (κ2) is 8.33. The number of piperidine rings is 1. The van der Waals surface area contributed by atoms with Crippen molar-refractivity contribution < 1.29 is 22.8 Å². The number of para-hydroxylation sites is 1. The second-order valence-corrected chi connectivity index (χ2v) is 10.3. The molecule has 3 aromatic rings. The number of hydrogen-bond acceptors (Lipinski definition) is 6.